The molecule has 1 aliphatic rings. The fourth-order valence-corrected chi connectivity index (χ4v) is 3.62. The van der Waals surface area contributed by atoms with Gasteiger partial charge in [0, 0.05) is 41.4 Å². The third-order valence-corrected chi connectivity index (χ3v) is 5.64. The first-order chi connectivity index (χ1) is 16.5. The number of alkyl halides is 3. The van der Waals surface area contributed by atoms with Gasteiger partial charge in [-0.2, -0.15) is 13.2 Å². The summed E-state index contributed by atoms with van der Waals surface area (Å²) in [5, 5.41) is 7.81. The van der Waals surface area contributed by atoms with Gasteiger partial charge in [0.05, 0.1) is 17.6 Å². The molecule has 184 valence electrons. The standard InChI is InChI=1S/C24H23F4N5O2/c1-12-7-18(25)20(32-23(35)29-6-5-24(26,27)28)9-16(12)17-8-15-11-30-21(10-19(15)31-13(17)2)33-22(34)14-3-4-14/h7-11,14H,3-6H2,1-2H3,(H2,29,32,35)(H,30,33,34). The summed E-state index contributed by atoms with van der Waals surface area (Å²) in [5.74, 6) is -0.327. The molecule has 4 rings (SSSR count). The van der Waals surface area contributed by atoms with Crippen molar-refractivity contribution in [2.24, 2.45) is 5.92 Å². The summed E-state index contributed by atoms with van der Waals surface area (Å²) < 4.78 is 51.3. The number of aromatic nitrogens is 2. The summed E-state index contributed by atoms with van der Waals surface area (Å²) in [6, 6.07) is 5.22. The highest BCUT2D eigenvalue weighted by molar-refractivity contribution is 5.95. The molecule has 0 aliphatic heterocycles. The average Bonchev–Trinajstić information content (AvgIpc) is 3.60. The topological polar surface area (TPSA) is 96.0 Å². The Balaban J connectivity index is 1.57. The molecule has 1 aliphatic carbocycles. The fraction of sp³-hybridized carbons (Fsp3) is 0.333. The zero-order valence-corrected chi connectivity index (χ0v) is 19.0. The SMILES string of the molecule is Cc1cc(F)c(NC(=O)NCCC(F)(F)F)cc1-c1cc2cnc(NC(=O)C3CC3)cc2nc1C. The number of benzene rings is 1. The van der Waals surface area contributed by atoms with Gasteiger partial charge in [-0.1, -0.05) is 0 Å². The Morgan fingerprint density at radius 1 is 1.06 bits per heavy atom. The molecule has 0 saturated heterocycles. The maximum absolute atomic E-state index is 14.5. The smallest absolute Gasteiger partial charge is 0.338 e. The fourth-order valence-electron chi connectivity index (χ4n) is 3.62. The number of urea groups is 1. The Morgan fingerprint density at radius 2 is 1.80 bits per heavy atom. The Hall–Kier alpha value is -3.76. The number of hydrogen-bond acceptors (Lipinski definition) is 4. The molecule has 0 spiro atoms. The molecule has 1 aromatic carbocycles. The number of fused-ring (bicyclic) bond motifs is 1. The molecule has 3 amide bonds. The van der Waals surface area contributed by atoms with Crippen LogP contribution in [0.1, 0.15) is 30.5 Å². The van der Waals surface area contributed by atoms with Crippen molar-refractivity contribution < 1.29 is 27.2 Å². The van der Waals surface area contributed by atoms with Gasteiger partial charge in [-0.15, -0.1) is 0 Å². The van der Waals surface area contributed by atoms with Crippen molar-refractivity contribution in [1.29, 1.82) is 0 Å². The van der Waals surface area contributed by atoms with Gasteiger partial charge >= 0.3 is 12.2 Å². The van der Waals surface area contributed by atoms with Crippen LogP contribution in [0.3, 0.4) is 0 Å². The summed E-state index contributed by atoms with van der Waals surface area (Å²) in [4.78, 5) is 32.9. The van der Waals surface area contributed by atoms with E-state index in [4.69, 9.17) is 0 Å². The van der Waals surface area contributed by atoms with Crippen LogP contribution in [0, 0.1) is 25.6 Å². The van der Waals surface area contributed by atoms with Crippen LogP contribution in [0.15, 0.2) is 30.5 Å². The summed E-state index contributed by atoms with van der Waals surface area (Å²) in [7, 11) is 0. The van der Waals surface area contributed by atoms with Gasteiger partial charge in [0.1, 0.15) is 11.6 Å². The average molecular weight is 489 g/mol. The lowest BCUT2D eigenvalue weighted by atomic mass is 9.97. The first-order valence-corrected chi connectivity index (χ1v) is 11.0. The van der Waals surface area contributed by atoms with E-state index in [0.29, 0.717) is 39.1 Å². The summed E-state index contributed by atoms with van der Waals surface area (Å²) in [6.07, 6.45) is -2.26. The molecule has 3 N–H and O–H groups in total. The van der Waals surface area contributed by atoms with E-state index >= 15 is 0 Å². The highest BCUT2D eigenvalue weighted by Gasteiger charge is 2.30. The lowest BCUT2D eigenvalue weighted by molar-refractivity contribution is -0.132. The van der Waals surface area contributed by atoms with Crippen molar-refractivity contribution >= 4 is 34.3 Å². The maximum atomic E-state index is 14.5. The minimum absolute atomic E-state index is 0.0422. The Labute approximate surface area is 198 Å². The Morgan fingerprint density at radius 3 is 2.49 bits per heavy atom. The lowest BCUT2D eigenvalue weighted by Crippen LogP contribution is -2.32. The molecule has 35 heavy (non-hydrogen) atoms. The molecule has 1 fully saturated rings. The number of nitrogens with zero attached hydrogens (tertiary/aromatic N) is 2. The molecule has 0 unspecified atom stereocenters. The van der Waals surface area contributed by atoms with Crippen molar-refractivity contribution in [3.63, 3.8) is 0 Å². The third-order valence-electron chi connectivity index (χ3n) is 5.64. The molecule has 1 saturated carbocycles. The van der Waals surface area contributed by atoms with E-state index in [9.17, 15) is 27.2 Å². The van der Waals surface area contributed by atoms with Crippen LogP contribution < -0.4 is 16.0 Å². The summed E-state index contributed by atoms with van der Waals surface area (Å²) in [5.41, 5.74) is 2.91. The van der Waals surface area contributed by atoms with Crippen molar-refractivity contribution in [2.75, 3.05) is 17.2 Å². The highest BCUT2D eigenvalue weighted by Crippen LogP contribution is 2.33. The van der Waals surface area contributed by atoms with Gasteiger partial charge in [0.2, 0.25) is 5.91 Å². The number of hydrogen-bond donors (Lipinski definition) is 3. The summed E-state index contributed by atoms with van der Waals surface area (Å²) >= 11 is 0. The van der Waals surface area contributed by atoms with E-state index in [-0.39, 0.29) is 17.5 Å². The first kappa shape index (κ1) is 24.4. The number of pyridine rings is 2. The predicted octanol–water partition coefficient (Wildman–Crippen LogP) is 5.48. The van der Waals surface area contributed by atoms with Crippen LogP contribution in [0.4, 0.5) is 33.9 Å². The molecule has 0 radical (unpaired) electrons. The van der Waals surface area contributed by atoms with Crippen LogP contribution in [0.2, 0.25) is 0 Å². The molecular weight excluding hydrogens is 466 g/mol. The van der Waals surface area contributed by atoms with Crippen LogP contribution in [-0.2, 0) is 4.79 Å². The number of anilines is 2. The normalized spacial score (nSPS) is 13.5. The number of nitrogens with one attached hydrogen (secondary N) is 3. The Kier molecular flexibility index (Phi) is 6.60. The van der Waals surface area contributed by atoms with Crippen LogP contribution >= 0.6 is 0 Å². The lowest BCUT2D eigenvalue weighted by Gasteiger charge is -2.15. The molecule has 0 atom stereocenters. The molecule has 3 aromatic rings. The van der Waals surface area contributed by atoms with E-state index in [1.54, 1.807) is 26.1 Å². The zero-order chi connectivity index (χ0) is 25.3. The van der Waals surface area contributed by atoms with Gasteiger partial charge in [0.15, 0.2) is 0 Å². The van der Waals surface area contributed by atoms with E-state index in [1.807, 2.05) is 6.07 Å². The second-order valence-corrected chi connectivity index (χ2v) is 8.54. The third kappa shape index (κ3) is 6.03. The molecule has 2 heterocycles. The molecule has 2 aromatic heterocycles. The zero-order valence-electron chi connectivity index (χ0n) is 19.0. The first-order valence-electron chi connectivity index (χ1n) is 11.0. The number of aryl methyl sites for hydroxylation is 2. The van der Waals surface area contributed by atoms with E-state index in [1.165, 1.54) is 12.1 Å². The Bertz CT molecular complexity index is 1310. The number of rotatable bonds is 6. The monoisotopic (exact) mass is 489 g/mol. The van der Waals surface area contributed by atoms with Crippen LogP contribution in [0.5, 0.6) is 0 Å². The number of halogens is 4. The summed E-state index contributed by atoms with van der Waals surface area (Å²) in [6.45, 7) is 2.85. The van der Waals surface area contributed by atoms with Crippen molar-refractivity contribution in [1.82, 2.24) is 15.3 Å². The van der Waals surface area contributed by atoms with Crippen molar-refractivity contribution in [2.45, 2.75) is 39.3 Å². The largest absolute Gasteiger partial charge is 0.390 e. The quantitative estimate of drug-likeness (QED) is 0.400. The van der Waals surface area contributed by atoms with Gasteiger partial charge in [-0.3, -0.25) is 9.78 Å². The molecule has 7 nitrogen and oxygen atoms in total. The van der Waals surface area contributed by atoms with E-state index < -0.39 is 31.0 Å². The second kappa shape index (κ2) is 9.47. The number of carbonyl (C=O) groups is 2. The van der Waals surface area contributed by atoms with Gasteiger partial charge in [-0.05, 0) is 56.0 Å². The minimum Gasteiger partial charge on any atom is -0.338 e. The molecule has 11 heteroatoms. The number of carbonyl (C=O) groups excluding carboxylic acids is 2. The minimum atomic E-state index is -4.41. The molecular formula is C24H23F4N5O2. The van der Waals surface area contributed by atoms with Gasteiger partial charge < -0.3 is 16.0 Å². The van der Waals surface area contributed by atoms with Crippen LogP contribution in [0.25, 0.3) is 22.0 Å². The highest BCUT2D eigenvalue weighted by atomic mass is 19.4. The molecule has 0 bridgehead atoms. The van der Waals surface area contributed by atoms with Crippen LogP contribution in [-0.4, -0.2) is 34.6 Å². The second-order valence-electron chi connectivity index (χ2n) is 8.54. The maximum Gasteiger partial charge on any atom is 0.390 e. The van der Waals surface area contributed by atoms with Crippen molar-refractivity contribution in [3.05, 3.63) is 47.5 Å². The van der Waals surface area contributed by atoms with E-state index in [0.717, 1.165) is 12.8 Å². The predicted molar refractivity (Wildman–Crippen MR) is 123 cm³/mol. The van der Waals surface area contributed by atoms with Gasteiger partial charge in [-0.25, -0.2) is 14.2 Å². The van der Waals surface area contributed by atoms with Gasteiger partial charge in [0.25, 0.3) is 0 Å². The van der Waals surface area contributed by atoms with Crippen molar-refractivity contribution in [3.8, 4) is 11.1 Å². The number of amides is 3. The van der Waals surface area contributed by atoms with E-state index in [2.05, 4.69) is 25.9 Å².